The summed E-state index contributed by atoms with van der Waals surface area (Å²) < 4.78 is 11.2. The van der Waals surface area contributed by atoms with Crippen LogP contribution in [-0.2, 0) is 19.1 Å². The zero-order chi connectivity index (χ0) is 26.8. The third-order valence-electron chi connectivity index (χ3n) is 4.82. The van der Waals surface area contributed by atoms with Gasteiger partial charge in [-0.25, -0.2) is 9.59 Å². The fourth-order valence-corrected chi connectivity index (χ4v) is 3.49. The minimum absolute atomic E-state index is 0.0477. The van der Waals surface area contributed by atoms with Gasteiger partial charge in [-0.2, -0.15) is 0 Å². The Morgan fingerprint density at radius 3 is 1.83 bits per heavy atom. The second-order valence-electron chi connectivity index (χ2n) is 10.3. The lowest BCUT2D eigenvalue weighted by atomic mass is 9.91. The number of benzene rings is 1. The number of ether oxygens (including phenoxy) is 2. The number of hydrogen-bond donors (Lipinski definition) is 4. The lowest BCUT2D eigenvalue weighted by molar-refractivity contribution is -0.167. The maximum atomic E-state index is 13.3. The molecule has 0 radical (unpaired) electrons. The highest BCUT2D eigenvalue weighted by Crippen LogP contribution is 2.23. The first-order valence-electron chi connectivity index (χ1n) is 11.7. The van der Waals surface area contributed by atoms with Crippen molar-refractivity contribution in [3.05, 3.63) is 30.3 Å². The first-order chi connectivity index (χ1) is 16.2. The number of amides is 2. The Hall–Kier alpha value is -2.69. The van der Waals surface area contributed by atoms with Gasteiger partial charge in [0.25, 0.3) is 0 Å². The molecule has 1 rings (SSSR count). The van der Waals surface area contributed by atoms with E-state index >= 15 is 0 Å². The minimum Gasteiger partial charge on any atom is -0.459 e. The zero-order valence-corrected chi connectivity index (χ0v) is 21.8. The number of urea groups is 1. The standard InChI is InChI=1S/C25H41N3O7/c1-17(20(22(32)35-25(5,6)7)28(13-15-29)14-16-30)19(21(31)34-24(2,3)4)27-23(33)26-18-11-9-8-10-12-18/h8-12,17,19-20,29-30H,13-16H2,1-7H3,(H2,26,27,33)/t17?,19-,20?/m0/s1. The van der Waals surface area contributed by atoms with E-state index in [2.05, 4.69) is 10.6 Å². The first-order valence-corrected chi connectivity index (χ1v) is 11.7. The average Bonchev–Trinajstić information content (AvgIpc) is 2.70. The monoisotopic (exact) mass is 495 g/mol. The van der Waals surface area contributed by atoms with Gasteiger partial charge in [0.15, 0.2) is 0 Å². The second kappa shape index (κ2) is 13.4. The predicted octanol–water partition coefficient (Wildman–Crippen LogP) is 2.15. The molecule has 0 saturated heterocycles. The number of anilines is 1. The van der Waals surface area contributed by atoms with E-state index in [1.807, 2.05) is 0 Å². The van der Waals surface area contributed by atoms with Gasteiger partial charge in [0, 0.05) is 24.7 Å². The number of nitrogens with zero attached hydrogens (tertiary/aromatic N) is 1. The van der Waals surface area contributed by atoms with Crippen LogP contribution in [0.1, 0.15) is 48.5 Å². The number of carbonyl (C=O) groups is 3. The Bertz CT molecular complexity index is 813. The van der Waals surface area contributed by atoms with Crippen molar-refractivity contribution in [3.63, 3.8) is 0 Å². The van der Waals surface area contributed by atoms with Gasteiger partial charge in [0.2, 0.25) is 0 Å². The number of para-hydroxylation sites is 1. The zero-order valence-electron chi connectivity index (χ0n) is 21.8. The van der Waals surface area contributed by atoms with Crippen LogP contribution in [0.4, 0.5) is 10.5 Å². The lowest BCUT2D eigenvalue weighted by Gasteiger charge is -2.38. The van der Waals surface area contributed by atoms with Gasteiger partial charge < -0.3 is 30.3 Å². The molecule has 1 aromatic rings. The Morgan fingerprint density at radius 1 is 0.886 bits per heavy atom. The predicted molar refractivity (Wildman–Crippen MR) is 133 cm³/mol. The highest BCUT2D eigenvalue weighted by Gasteiger charge is 2.42. The molecule has 3 atom stereocenters. The summed E-state index contributed by atoms with van der Waals surface area (Å²) in [5, 5.41) is 24.4. The smallest absolute Gasteiger partial charge is 0.329 e. The molecule has 198 valence electrons. The van der Waals surface area contributed by atoms with Crippen LogP contribution in [0.25, 0.3) is 0 Å². The van der Waals surface area contributed by atoms with Crippen molar-refractivity contribution in [2.45, 2.75) is 71.8 Å². The summed E-state index contributed by atoms with van der Waals surface area (Å²) in [6.07, 6.45) is 0. The van der Waals surface area contributed by atoms with Crippen LogP contribution in [-0.4, -0.2) is 82.7 Å². The number of aliphatic hydroxyl groups is 2. The van der Waals surface area contributed by atoms with Crippen molar-refractivity contribution >= 4 is 23.7 Å². The molecule has 0 aliphatic rings. The van der Waals surface area contributed by atoms with Gasteiger partial charge in [0.05, 0.1) is 13.2 Å². The summed E-state index contributed by atoms with van der Waals surface area (Å²) in [4.78, 5) is 40.8. The van der Waals surface area contributed by atoms with Crippen molar-refractivity contribution in [1.82, 2.24) is 10.2 Å². The van der Waals surface area contributed by atoms with Gasteiger partial charge in [0.1, 0.15) is 23.3 Å². The Labute approximate surface area is 208 Å². The van der Waals surface area contributed by atoms with E-state index in [1.165, 1.54) is 4.90 Å². The molecule has 0 aliphatic carbocycles. The van der Waals surface area contributed by atoms with Crippen LogP contribution in [0.5, 0.6) is 0 Å². The topological polar surface area (TPSA) is 137 Å². The van der Waals surface area contributed by atoms with Crippen molar-refractivity contribution in [3.8, 4) is 0 Å². The first kappa shape index (κ1) is 30.3. The molecule has 10 nitrogen and oxygen atoms in total. The Morgan fingerprint density at radius 2 is 1.37 bits per heavy atom. The van der Waals surface area contributed by atoms with E-state index in [0.29, 0.717) is 5.69 Å². The summed E-state index contributed by atoms with van der Waals surface area (Å²) in [5.74, 6) is -2.22. The summed E-state index contributed by atoms with van der Waals surface area (Å²) in [6, 6.07) is 5.74. The third kappa shape index (κ3) is 11.1. The van der Waals surface area contributed by atoms with E-state index in [4.69, 9.17) is 9.47 Å². The normalized spacial score (nSPS) is 14.6. The third-order valence-corrected chi connectivity index (χ3v) is 4.82. The van der Waals surface area contributed by atoms with E-state index in [1.54, 1.807) is 78.8 Å². The van der Waals surface area contributed by atoms with Crippen molar-refractivity contribution in [2.75, 3.05) is 31.6 Å². The molecule has 35 heavy (non-hydrogen) atoms. The van der Waals surface area contributed by atoms with E-state index < -0.39 is 47.2 Å². The molecule has 0 bridgehead atoms. The van der Waals surface area contributed by atoms with Crippen LogP contribution in [0.2, 0.25) is 0 Å². The summed E-state index contributed by atoms with van der Waals surface area (Å²) in [6.45, 7) is 11.4. The highest BCUT2D eigenvalue weighted by molar-refractivity contribution is 5.93. The minimum atomic E-state index is -1.24. The number of hydrogen-bond acceptors (Lipinski definition) is 8. The maximum Gasteiger partial charge on any atom is 0.329 e. The number of carbonyl (C=O) groups excluding carboxylic acids is 3. The molecule has 0 spiro atoms. The Kier molecular flexibility index (Phi) is 11.6. The van der Waals surface area contributed by atoms with Gasteiger partial charge >= 0.3 is 18.0 Å². The molecule has 2 amide bonds. The van der Waals surface area contributed by atoms with Gasteiger partial charge in [-0.05, 0) is 53.7 Å². The van der Waals surface area contributed by atoms with Gasteiger partial charge in [-0.15, -0.1) is 0 Å². The molecule has 2 unspecified atom stereocenters. The SMILES string of the molecule is CC(C(C(=O)OC(C)(C)C)N(CCO)CCO)[C@H](NC(=O)Nc1ccccc1)C(=O)OC(C)(C)C. The fourth-order valence-electron chi connectivity index (χ4n) is 3.49. The number of rotatable bonds is 11. The molecule has 0 aromatic heterocycles. The van der Waals surface area contributed by atoms with Crippen LogP contribution in [0.3, 0.4) is 0 Å². The quantitative estimate of drug-likeness (QED) is 0.343. The maximum absolute atomic E-state index is 13.3. The molecule has 4 N–H and O–H groups in total. The average molecular weight is 496 g/mol. The molecule has 10 heteroatoms. The summed E-state index contributed by atoms with van der Waals surface area (Å²) in [5.41, 5.74) is -1.14. The van der Waals surface area contributed by atoms with Crippen LogP contribution < -0.4 is 10.6 Å². The van der Waals surface area contributed by atoms with Crippen LogP contribution >= 0.6 is 0 Å². The second-order valence-corrected chi connectivity index (χ2v) is 10.3. The largest absolute Gasteiger partial charge is 0.459 e. The highest BCUT2D eigenvalue weighted by atomic mass is 16.6. The van der Waals surface area contributed by atoms with E-state index in [-0.39, 0.29) is 26.3 Å². The molecule has 0 fully saturated rings. The van der Waals surface area contributed by atoms with E-state index in [0.717, 1.165) is 0 Å². The molecular formula is C25H41N3O7. The molecule has 1 aromatic carbocycles. The number of esters is 2. The van der Waals surface area contributed by atoms with Crippen molar-refractivity contribution in [2.24, 2.45) is 5.92 Å². The van der Waals surface area contributed by atoms with Gasteiger partial charge in [-0.3, -0.25) is 9.69 Å². The summed E-state index contributed by atoms with van der Waals surface area (Å²) >= 11 is 0. The number of nitrogens with one attached hydrogen (secondary N) is 2. The fraction of sp³-hybridized carbons (Fsp3) is 0.640. The molecule has 0 heterocycles. The van der Waals surface area contributed by atoms with Gasteiger partial charge in [-0.1, -0.05) is 25.1 Å². The van der Waals surface area contributed by atoms with Crippen molar-refractivity contribution < 1.29 is 34.1 Å². The van der Waals surface area contributed by atoms with Crippen LogP contribution in [0, 0.1) is 5.92 Å². The molecule has 0 saturated carbocycles. The molecular weight excluding hydrogens is 454 g/mol. The Balaban J connectivity index is 3.36. The molecule has 0 aliphatic heterocycles. The lowest BCUT2D eigenvalue weighted by Crippen LogP contribution is -2.58. The van der Waals surface area contributed by atoms with Crippen molar-refractivity contribution in [1.29, 1.82) is 0 Å². The van der Waals surface area contributed by atoms with E-state index in [9.17, 15) is 24.6 Å². The summed E-state index contributed by atoms with van der Waals surface area (Å²) in [7, 11) is 0. The number of aliphatic hydroxyl groups excluding tert-OH is 2. The van der Waals surface area contributed by atoms with Crippen LogP contribution in [0.15, 0.2) is 30.3 Å².